The van der Waals surface area contributed by atoms with E-state index in [0.29, 0.717) is 29.9 Å². The van der Waals surface area contributed by atoms with E-state index in [1.807, 2.05) is 25.9 Å². The number of pyridine rings is 1. The second-order valence-electron chi connectivity index (χ2n) is 7.68. The summed E-state index contributed by atoms with van der Waals surface area (Å²) < 4.78 is 1.60. The van der Waals surface area contributed by atoms with Crippen molar-refractivity contribution < 1.29 is 9.59 Å². The summed E-state index contributed by atoms with van der Waals surface area (Å²) in [5.74, 6) is -0.462. The van der Waals surface area contributed by atoms with Crippen LogP contribution in [-0.4, -0.2) is 53.9 Å². The van der Waals surface area contributed by atoms with E-state index in [1.54, 1.807) is 53.9 Å². The van der Waals surface area contributed by atoms with Crippen molar-refractivity contribution in [3.63, 3.8) is 0 Å². The smallest absolute Gasteiger partial charge is 0.263 e. The Bertz CT molecular complexity index is 994. The van der Waals surface area contributed by atoms with Crippen LogP contribution in [0.1, 0.15) is 44.8 Å². The first-order chi connectivity index (χ1) is 13.2. The van der Waals surface area contributed by atoms with Crippen molar-refractivity contribution in [3.8, 4) is 0 Å². The van der Waals surface area contributed by atoms with Gasteiger partial charge in [-0.15, -0.1) is 0 Å². The van der Waals surface area contributed by atoms with E-state index >= 15 is 0 Å². The number of carbonyl (C=O) groups excluding carboxylic acids is 2. The van der Waals surface area contributed by atoms with E-state index < -0.39 is 5.91 Å². The Labute approximate surface area is 164 Å². The molecule has 1 aliphatic heterocycles. The van der Waals surface area contributed by atoms with Crippen LogP contribution < -0.4 is 10.9 Å². The van der Waals surface area contributed by atoms with Gasteiger partial charge in [-0.05, 0) is 63.3 Å². The summed E-state index contributed by atoms with van der Waals surface area (Å²) in [7, 11) is 5.63. The Morgan fingerprint density at radius 3 is 2.64 bits per heavy atom. The first kappa shape index (κ1) is 19.8. The molecule has 0 fully saturated rings. The first-order valence-corrected chi connectivity index (χ1v) is 9.25. The maximum Gasteiger partial charge on any atom is 0.263 e. The van der Waals surface area contributed by atoms with Gasteiger partial charge < -0.3 is 19.7 Å². The zero-order valence-corrected chi connectivity index (χ0v) is 16.9. The summed E-state index contributed by atoms with van der Waals surface area (Å²) in [5.41, 5.74) is 2.56. The number of rotatable bonds is 5. The van der Waals surface area contributed by atoms with E-state index in [-0.39, 0.29) is 23.1 Å². The molecular formula is C21H26N4O3. The Morgan fingerprint density at radius 2 is 1.96 bits per heavy atom. The number of aromatic nitrogens is 1. The number of hydrogen-bond acceptors (Lipinski definition) is 4. The van der Waals surface area contributed by atoms with Crippen molar-refractivity contribution in [1.29, 1.82) is 0 Å². The Hall–Kier alpha value is -2.93. The number of nitrogens with one attached hydrogen (secondary N) is 1. The Morgan fingerprint density at radius 1 is 1.25 bits per heavy atom. The average Bonchev–Trinajstić information content (AvgIpc) is 2.88. The number of anilines is 1. The minimum atomic E-state index is -0.438. The number of carbonyl (C=O) groups is 2. The summed E-state index contributed by atoms with van der Waals surface area (Å²) in [5, 5.41) is 2.81. The standard InChI is InChI=1S/C21H26N4O3/c1-13-8-9-25(14(2)11-23(3)4)21(28)18(13)19(26)22-16-6-7-17-15(10-16)12-24(5)20(17)27/h6-10,14H,11-12H2,1-5H3,(H,22,26). The van der Waals surface area contributed by atoms with Gasteiger partial charge in [0, 0.05) is 43.6 Å². The molecule has 0 radical (unpaired) electrons. The highest BCUT2D eigenvalue weighted by Gasteiger charge is 2.25. The van der Waals surface area contributed by atoms with E-state index in [4.69, 9.17) is 0 Å². The number of nitrogens with zero attached hydrogens (tertiary/aromatic N) is 3. The molecule has 148 valence electrons. The number of amides is 2. The average molecular weight is 382 g/mol. The zero-order chi connectivity index (χ0) is 20.6. The molecule has 28 heavy (non-hydrogen) atoms. The molecular weight excluding hydrogens is 356 g/mol. The summed E-state index contributed by atoms with van der Waals surface area (Å²) in [6, 6.07) is 6.93. The van der Waals surface area contributed by atoms with Gasteiger partial charge in [-0.1, -0.05) is 0 Å². The van der Waals surface area contributed by atoms with Crippen LogP contribution in [0, 0.1) is 6.92 Å². The van der Waals surface area contributed by atoms with Crippen LogP contribution in [-0.2, 0) is 6.54 Å². The lowest BCUT2D eigenvalue weighted by atomic mass is 10.1. The van der Waals surface area contributed by atoms with Crippen LogP contribution in [0.25, 0.3) is 0 Å². The van der Waals surface area contributed by atoms with Crippen molar-refractivity contribution in [2.45, 2.75) is 26.4 Å². The predicted molar refractivity (Wildman–Crippen MR) is 109 cm³/mol. The molecule has 0 bridgehead atoms. The van der Waals surface area contributed by atoms with Gasteiger partial charge in [0.1, 0.15) is 5.56 Å². The molecule has 2 aromatic rings. The second kappa shape index (κ2) is 7.59. The van der Waals surface area contributed by atoms with Crippen molar-refractivity contribution in [2.24, 2.45) is 0 Å². The largest absolute Gasteiger partial charge is 0.337 e. The van der Waals surface area contributed by atoms with Gasteiger partial charge in [0.25, 0.3) is 17.4 Å². The Kier molecular flexibility index (Phi) is 5.38. The third-order valence-corrected chi connectivity index (χ3v) is 5.01. The zero-order valence-electron chi connectivity index (χ0n) is 16.9. The van der Waals surface area contributed by atoms with Gasteiger partial charge in [-0.2, -0.15) is 0 Å². The highest BCUT2D eigenvalue weighted by molar-refractivity contribution is 6.05. The lowest BCUT2D eigenvalue weighted by molar-refractivity contribution is 0.0816. The highest BCUT2D eigenvalue weighted by atomic mass is 16.2. The lowest BCUT2D eigenvalue weighted by Gasteiger charge is -2.20. The molecule has 2 amide bonds. The number of fused-ring (bicyclic) bond motifs is 1. The number of benzene rings is 1. The number of aryl methyl sites for hydroxylation is 1. The molecule has 2 heterocycles. The third kappa shape index (κ3) is 3.71. The number of hydrogen-bond donors (Lipinski definition) is 1. The summed E-state index contributed by atoms with van der Waals surface area (Å²) in [4.78, 5) is 41.5. The quantitative estimate of drug-likeness (QED) is 0.860. The monoisotopic (exact) mass is 382 g/mol. The molecule has 1 aromatic carbocycles. The molecule has 1 unspecified atom stereocenters. The topological polar surface area (TPSA) is 74.7 Å². The van der Waals surface area contributed by atoms with Crippen molar-refractivity contribution in [3.05, 3.63) is 63.1 Å². The minimum Gasteiger partial charge on any atom is -0.337 e. The van der Waals surface area contributed by atoms with Gasteiger partial charge in [-0.3, -0.25) is 14.4 Å². The number of likely N-dealkylation sites (N-methyl/N-ethyl adjacent to an activating group) is 1. The van der Waals surface area contributed by atoms with Crippen LogP contribution in [0.2, 0.25) is 0 Å². The minimum absolute atomic E-state index is 0.0236. The molecule has 0 saturated heterocycles. The summed E-state index contributed by atoms with van der Waals surface area (Å²) in [6.07, 6.45) is 1.74. The van der Waals surface area contributed by atoms with Crippen LogP contribution in [0.4, 0.5) is 5.69 Å². The molecule has 1 aliphatic rings. The van der Waals surface area contributed by atoms with Crippen LogP contribution >= 0.6 is 0 Å². The molecule has 7 nitrogen and oxygen atoms in total. The van der Waals surface area contributed by atoms with Gasteiger partial charge in [0.05, 0.1) is 0 Å². The molecule has 0 aliphatic carbocycles. The van der Waals surface area contributed by atoms with Crippen molar-refractivity contribution >= 4 is 17.5 Å². The second-order valence-corrected chi connectivity index (χ2v) is 7.68. The molecule has 1 aromatic heterocycles. The molecule has 7 heteroatoms. The van der Waals surface area contributed by atoms with Crippen LogP contribution in [0.5, 0.6) is 0 Å². The fraction of sp³-hybridized carbons (Fsp3) is 0.381. The van der Waals surface area contributed by atoms with Gasteiger partial charge >= 0.3 is 0 Å². The molecule has 0 spiro atoms. The fourth-order valence-electron chi connectivity index (χ4n) is 3.62. The lowest BCUT2D eigenvalue weighted by Crippen LogP contribution is -2.34. The summed E-state index contributed by atoms with van der Waals surface area (Å²) >= 11 is 0. The molecule has 0 saturated carbocycles. The van der Waals surface area contributed by atoms with E-state index in [2.05, 4.69) is 5.32 Å². The molecule has 3 rings (SSSR count). The SMILES string of the molecule is Cc1ccn(C(C)CN(C)C)c(=O)c1C(=O)Nc1ccc2c(c1)CN(C)C2=O. The van der Waals surface area contributed by atoms with Crippen molar-refractivity contribution in [1.82, 2.24) is 14.4 Å². The molecule has 1 N–H and O–H groups in total. The van der Waals surface area contributed by atoms with Crippen LogP contribution in [0.15, 0.2) is 35.3 Å². The maximum absolute atomic E-state index is 12.9. The van der Waals surface area contributed by atoms with E-state index in [0.717, 1.165) is 5.56 Å². The molecule has 1 atom stereocenters. The van der Waals surface area contributed by atoms with Gasteiger partial charge in [0.2, 0.25) is 0 Å². The highest BCUT2D eigenvalue weighted by Crippen LogP contribution is 2.25. The predicted octanol–water partition coefficient (Wildman–Crippen LogP) is 2.12. The third-order valence-electron chi connectivity index (χ3n) is 5.01. The van der Waals surface area contributed by atoms with Crippen molar-refractivity contribution in [2.75, 3.05) is 33.0 Å². The van der Waals surface area contributed by atoms with Gasteiger partial charge in [-0.25, -0.2) is 0 Å². The Balaban J connectivity index is 1.88. The van der Waals surface area contributed by atoms with E-state index in [1.165, 1.54) is 0 Å². The van der Waals surface area contributed by atoms with Crippen LogP contribution in [0.3, 0.4) is 0 Å². The fourth-order valence-corrected chi connectivity index (χ4v) is 3.62. The first-order valence-electron chi connectivity index (χ1n) is 9.25. The summed E-state index contributed by atoms with van der Waals surface area (Å²) in [6.45, 7) is 4.91. The maximum atomic E-state index is 12.9. The van der Waals surface area contributed by atoms with E-state index in [9.17, 15) is 14.4 Å². The van der Waals surface area contributed by atoms with Gasteiger partial charge in [0.15, 0.2) is 0 Å². The normalized spacial score (nSPS) is 14.4.